The van der Waals surface area contributed by atoms with Crippen molar-refractivity contribution in [2.45, 2.75) is 26.9 Å². The molecule has 0 radical (unpaired) electrons. The van der Waals surface area contributed by atoms with Gasteiger partial charge in [-0.1, -0.05) is 26.0 Å². The first kappa shape index (κ1) is 15.6. The number of nitrogens with one attached hydrogen (secondary N) is 2. The van der Waals surface area contributed by atoms with Crippen LogP contribution in [-0.4, -0.2) is 32.0 Å². The normalized spacial score (nSPS) is 10.5. The zero-order valence-corrected chi connectivity index (χ0v) is 12.5. The zero-order chi connectivity index (χ0) is 15.9. The summed E-state index contributed by atoms with van der Waals surface area (Å²) in [6, 6.07) is 7.33. The number of anilines is 1. The van der Waals surface area contributed by atoms with E-state index in [0.29, 0.717) is 6.54 Å². The lowest BCUT2D eigenvalue weighted by atomic mass is 10.1. The number of hydrogen-bond acceptors (Lipinski definition) is 5. The van der Waals surface area contributed by atoms with Gasteiger partial charge in [-0.25, -0.2) is 4.68 Å². The first-order valence-corrected chi connectivity index (χ1v) is 6.92. The standard InChI is InChI=1S/C14H18N6O2/c1-10(2)14(22)17-12-5-3-11(4-6-12)7-15-13(21)8-20-9-16-18-19-20/h3-6,9-10H,7-8H2,1-2H3,(H,15,21)(H,17,22). The molecule has 0 aliphatic carbocycles. The van der Waals surface area contributed by atoms with Crippen LogP contribution in [0.3, 0.4) is 0 Å². The topological polar surface area (TPSA) is 102 Å². The van der Waals surface area contributed by atoms with Crippen molar-refractivity contribution in [1.29, 1.82) is 0 Å². The highest BCUT2D eigenvalue weighted by Crippen LogP contribution is 2.10. The summed E-state index contributed by atoms with van der Waals surface area (Å²) in [6.07, 6.45) is 1.38. The van der Waals surface area contributed by atoms with Crippen LogP contribution in [0.4, 0.5) is 5.69 Å². The number of tetrazole rings is 1. The minimum absolute atomic E-state index is 0.0255. The number of amides is 2. The van der Waals surface area contributed by atoms with E-state index in [4.69, 9.17) is 0 Å². The smallest absolute Gasteiger partial charge is 0.242 e. The van der Waals surface area contributed by atoms with Crippen LogP contribution in [0.1, 0.15) is 19.4 Å². The SMILES string of the molecule is CC(C)C(=O)Nc1ccc(CNC(=O)Cn2cnnn2)cc1. The number of benzene rings is 1. The summed E-state index contributed by atoms with van der Waals surface area (Å²) < 4.78 is 1.35. The zero-order valence-electron chi connectivity index (χ0n) is 12.5. The molecule has 0 bridgehead atoms. The summed E-state index contributed by atoms with van der Waals surface area (Å²) >= 11 is 0. The van der Waals surface area contributed by atoms with Crippen molar-refractivity contribution < 1.29 is 9.59 Å². The highest BCUT2D eigenvalue weighted by atomic mass is 16.2. The monoisotopic (exact) mass is 302 g/mol. The molecule has 8 nitrogen and oxygen atoms in total. The second-order valence-corrected chi connectivity index (χ2v) is 5.13. The first-order chi connectivity index (χ1) is 10.5. The third-order valence-corrected chi connectivity index (χ3v) is 2.93. The van der Waals surface area contributed by atoms with Crippen molar-refractivity contribution in [3.63, 3.8) is 0 Å². The fraction of sp³-hybridized carbons (Fsp3) is 0.357. The van der Waals surface area contributed by atoms with Crippen LogP contribution in [0.25, 0.3) is 0 Å². The quantitative estimate of drug-likeness (QED) is 0.813. The third kappa shape index (κ3) is 4.65. The van der Waals surface area contributed by atoms with E-state index < -0.39 is 0 Å². The molecular weight excluding hydrogens is 284 g/mol. The fourth-order valence-electron chi connectivity index (χ4n) is 1.65. The molecule has 2 aromatic rings. The average molecular weight is 302 g/mol. The van der Waals surface area contributed by atoms with E-state index in [-0.39, 0.29) is 24.3 Å². The summed E-state index contributed by atoms with van der Waals surface area (Å²) in [6.45, 7) is 4.16. The molecule has 0 saturated heterocycles. The number of nitrogens with zero attached hydrogens (tertiary/aromatic N) is 4. The van der Waals surface area contributed by atoms with Gasteiger partial charge in [-0.15, -0.1) is 5.10 Å². The molecule has 0 atom stereocenters. The van der Waals surface area contributed by atoms with Gasteiger partial charge in [0.1, 0.15) is 12.9 Å². The van der Waals surface area contributed by atoms with Gasteiger partial charge in [0.05, 0.1) is 0 Å². The molecule has 2 N–H and O–H groups in total. The van der Waals surface area contributed by atoms with Crippen LogP contribution < -0.4 is 10.6 Å². The molecule has 1 aromatic carbocycles. The van der Waals surface area contributed by atoms with Gasteiger partial charge in [-0.3, -0.25) is 9.59 Å². The maximum absolute atomic E-state index is 11.7. The lowest BCUT2D eigenvalue weighted by Gasteiger charge is -2.09. The Morgan fingerprint density at radius 1 is 1.23 bits per heavy atom. The summed E-state index contributed by atoms with van der Waals surface area (Å²) in [5.41, 5.74) is 1.68. The number of carbonyl (C=O) groups excluding carboxylic acids is 2. The average Bonchev–Trinajstić information content (AvgIpc) is 2.99. The molecule has 2 rings (SSSR count). The second-order valence-electron chi connectivity index (χ2n) is 5.13. The van der Waals surface area contributed by atoms with E-state index in [2.05, 4.69) is 26.2 Å². The van der Waals surface area contributed by atoms with E-state index in [0.717, 1.165) is 11.3 Å². The van der Waals surface area contributed by atoms with Crippen molar-refractivity contribution in [3.05, 3.63) is 36.2 Å². The van der Waals surface area contributed by atoms with Gasteiger partial charge in [0.15, 0.2) is 0 Å². The Bertz CT molecular complexity index is 621. The van der Waals surface area contributed by atoms with Crippen molar-refractivity contribution in [2.24, 2.45) is 5.92 Å². The Morgan fingerprint density at radius 2 is 1.95 bits per heavy atom. The summed E-state index contributed by atoms with van der Waals surface area (Å²) in [4.78, 5) is 23.3. The van der Waals surface area contributed by atoms with Gasteiger partial charge < -0.3 is 10.6 Å². The number of rotatable bonds is 6. The minimum Gasteiger partial charge on any atom is -0.350 e. The van der Waals surface area contributed by atoms with E-state index in [1.807, 2.05) is 38.1 Å². The predicted molar refractivity (Wildman–Crippen MR) is 79.6 cm³/mol. The molecule has 8 heteroatoms. The van der Waals surface area contributed by atoms with Crippen LogP contribution >= 0.6 is 0 Å². The van der Waals surface area contributed by atoms with Gasteiger partial charge in [-0.2, -0.15) is 0 Å². The molecule has 116 valence electrons. The van der Waals surface area contributed by atoms with Gasteiger partial charge in [0.2, 0.25) is 11.8 Å². The Morgan fingerprint density at radius 3 is 2.55 bits per heavy atom. The van der Waals surface area contributed by atoms with E-state index in [1.54, 1.807) is 0 Å². The van der Waals surface area contributed by atoms with E-state index in [9.17, 15) is 9.59 Å². The van der Waals surface area contributed by atoms with Crippen molar-refractivity contribution >= 4 is 17.5 Å². The number of carbonyl (C=O) groups is 2. The van der Waals surface area contributed by atoms with Gasteiger partial charge in [0.25, 0.3) is 0 Å². The largest absolute Gasteiger partial charge is 0.350 e. The van der Waals surface area contributed by atoms with Crippen molar-refractivity contribution in [3.8, 4) is 0 Å². The molecular formula is C14H18N6O2. The molecule has 2 amide bonds. The second kappa shape index (κ2) is 7.30. The van der Waals surface area contributed by atoms with Gasteiger partial charge in [-0.05, 0) is 28.1 Å². The maximum atomic E-state index is 11.7. The molecule has 0 spiro atoms. The van der Waals surface area contributed by atoms with Gasteiger partial charge >= 0.3 is 0 Å². The highest BCUT2D eigenvalue weighted by molar-refractivity contribution is 5.92. The summed E-state index contributed by atoms with van der Waals surface area (Å²) in [7, 11) is 0. The lowest BCUT2D eigenvalue weighted by Crippen LogP contribution is -2.27. The van der Waals surface area contributed by atoms with Crippen LogP contribution in [0.2, 0.25) is 0 Å². The molecule has 22 heavy (non-hydrogen) atoms. The molecule has 0 aliphatic heterocycles. The lowest BCUT2D eigenvalue weighted by molar-refractivity contribution is -0.122. The number of hydrogen-bond donors (Lipinski definition) is 2. The highest BCUT2D eigenvalue weighted by Gasteiger charge is 2.07. The molecule has 1 aromatic heterocycles. The van der Waals surface area contributed by atoms with Crippen LogP contribution in [0.15, 0.2) is 30.6 Å². The van der Waals surface area contributed by atoms with Gasteiger partial charge in [0, 0.05) is 18.2 Å². The first-order valence-electron chi connectivity index (χ1n) is 6.92. The maximum Gasteiger partial charge on any atom is 0.242 e. The molecule has 0 unspecified atom stereocenters. The molecule has 0 fully saturated rings. The molecule has 0 aliphatic rings. The molecule has 1 heterocycles. The Balaban J connectivity index is 1.81. The minimum atomic E-state index is -0.176. The Kier molecular flexibility index (Phi) is 5.18. The fourth-order valence-corrected chi connectivity index (χ4v) is 1.65. The molecule has 0 saturated carbocycles. The third-order valence-electron chi connectivity index (χ3n) is 2.93. The Labute approximate surface area is 127 Å². The van der Waals surface area contributed by atoms with E-state index >= 15 is 0 Å². The predicted octanol–water partition coefficient (Wildman–Crippen LogP) is 0.584. The van der Waals surface area contributed by atoms with E-state index in [1.165, 1.54) is 11.0 Å². The summed E-state index contributed by atoms with van der Waals surface area (Å²) in [5.74, 6) is -0.266. The van der Waals surface area contributed by atoms with Crippen molar-refractivity contribution in [2.75, 3.05) is 5.32 Å². The number of aromatic nitrogens is 4. The summed E-state index contributed by atoms with van der Waals surface area (Å²) in [5, 5.41) is 16.1. The van der Waals surface area contributed by atoms with Crippen LogP contribution in [0.5, 0.6) is 0 Å². The van der Waals surface area contributed by atoms with Crippen LogP contribution in [-0.2, 0) is 22.7 Å². The van der Waals surface area contributed by atoms with Crippen molar-refractivity contribution in [1.82, 2.24) is 25.5 Å². The van der Waals surface area contributed by atoms with Crippen LogP contribution in [0, 0.1) is 5.92 Å². The Hall–Kier alpha value is -2.77.